The van der Waals surface area contributed by atoms with Crippen LogP contribution in [0.15, 0.2) is 18.2 Å². The minimum absolute atomic E-state index is 0.0239. The molecule has 1 aliphatic rings. The van der Waals surface area contributed by atoms with E-state index in [1.54, 1.807) is 0 Å². The number of fused-ring (bicyclic) bond motifs is 3. The second-order valence-electron chi connectivity index (χ2n) is 5.79. The molecule has 3 rings (SSSR count). The van der Waals surface area contributed by atoms with Crippen molar-refractivity contribution in [3.05, 3.63) is 29.5 Å². The molecule has 5 nitrogen and oxygen atoms in total. The van der Waals surface area contributed by atoms with E-state index in [0.29, 0.717) is 18.7 Å². The fraction of sp³-hybridized carbons (Fsp3) is 0.471. The van der Waals surface area contributed by atoms with E-state index in [1.165, 1.54) is 17.8 Å². The average molecular weight is 300 g/mol. The molecule has 0 saturated heterocycles. The Hall–Kier alpha value is -2.01. The largest absolute Gasteiger partial charge is 0.370 e. The first-order valence-corrected chi connectivity index (χ1v) is 8.12. The third kappa shape index (κ3) is 2.68. The maximum absolute atomic E-state index is 12.2. The molecule has 1 aromatic heterocycles. The molecule has 0 bridgehead atoms. The van der Waals surface area contributed by atoms with Crippen molar-refractivity contribution >= 4 is 22.5 Å². The number of carbonyl (C=O) groups is 1. The topological polar surface area (TPSA) is 74.2 Å². The van der Waals surface area contributed by atoms with Gasteiger partial charge in [0.05, 0.1) is 5.69 Å². The van der Waals surface area contributed by atoms with Crippen molar-refractivity contribution in [3.63, 3.8) is 0 Å². The summed E-state index contributed by atoms with van der Waals surface area (Å²) in [6, 6.07) is 5.91. The lowest BCUT2D eigenvalue weighted by atomic mass is 10.1. The van der Waals surface area contributed by atoms with Gasteiger partial charge in [-0.1, -0.05) is 0 Å². The number of nitrogens with zero attached hydrogens (tertiary/aromatic N) is 1. The van der Waals surface area contributed by atoms with Crippen molar-refractivity contribution in [2.45, 2.75) is 26.2 Å². The zero-order chi connectivity index (χ0) is 15.5. The van der Waals surface area contributed by atoms with Gasteiger partial charge in [0.25, 0.3) is 5.91 Å². The molecular weight excluding hydrogens is 276 g/mol. The van der Waals surface area contributed by atoms with Crippen LogP contribution in [0.25, 0.3) is 10.9 Å². The molecule has 0 radical (unpaired) electrons. The summed E-state index contributed by atoms with van der Waals surface area (Å²) < 4.78 is 0. The van der Waals surface area contributed by atoms with E-state index in [2.05, 4.69) is 22.1 Å². The summed E-state index contributed by atoms with van der Waals surface area (Å²) in [5.74, 6) is -0.0239. The molecule has 1 aromatic carbocycles. The molecule has 118 valence electrons. The second-order valence-corrected chi connectivity index (χ2v) is 5.79. The van der Waals surface area contributed by atoms with Gasteiger partial charge in [-0.05, 0) is 50.9 Å². The van der Waals surface area contributed by atoms with Crippen LogP contribution < -0.4 is 16.0 Å². The van der Waals surface area contributed by atoms with E-state index in [4.69, 9.17) is 5.73 Å². The van der Waals surface area contributed by atoms with Gasteiger partial charge in [0.2, 0.25) is 0 Å². The van der Waals surface area contributed by atoms with E-state index < -0.39 is 0 Å². The Morgan fingerprint density at radius 2 is 2.32 bits per heavy atom. The Balaban J connectivity index is 1.93. The summed E-state index contributed by atoms with van der Waals surface area (Å²) in [6.07, 6.45) is 3.07. The minimum atomic E-state index is -0.0239. The van der Waals surface area contributed by atoms with Crippen LogP contribution in [0, 0.1) is 0 Å². The highest BCUT2D eigenvalue weighted by Crippen LogP contribution is 2.35. The highest BCUT2D eigenvalue weighted by molar-refractivity contribution is 6.02. The van der Waals surface area contributed by atoms with Crippen molar-refractivity contribution in [1.29, 1.82) is 0 Å². The summed E-state index contributed by atoms with van der Waals surface area (Å²) in [6.45, 7) is 5.48. The third-order valence-electron chi connectivity index (χ3n) is 4.33. The highest BCUT2D eigenvalue weighted by atomic mass is 16.1. The van der Waals surface area contributed by atoms with Gasteiger partial charge in [0, 0.05) is 41.8 Å². The summed E-state index contributed by atoms with van der Waals surface area (Å²) in [5, 5.41) is 4.07. The summed E-state index contributed by atoms with van der Waals surface area (Å²) in [7, 11) is 0. The molecule has 0 spiro atoms. The molecule has 0 unspecified atom stereocenters. The van der Waals surface area contributed by atoms with Gasteiger partial charge >= 0.3 is 0 Å². The number of aromatic nitrogens is 1. The van der Waals surface area contributed by atoms with E-state index in [1.807, 2.05) is 18.2 Å². The van der Waals surface area contributed by atoms with Gasteiger partial charge in [0.15, 0.2) is 0 Å². The molecule has 0 saturated carbocycles. The van der Waals surface area contributed by atoms with Crippen molar-refractivity contribution in [3.8, 4) is 0 Å². The number of hydrogen-bond acceptors (Lipinski definition) is 3. The van der Waals surface area contributed by atoms with Crippen LogP contribution in [-0.2, 0) is 6.42 Å². The number of aromatic amines is 1. The molecule has 0 fully saturated rings. The van der Waals surface area contributed by atoms with Crippen molar-refractivity contribution in [2.24, 2.45) is 5.73 Å². The SMILES string of the molecule is CCN1CCCc2[nH]c3ccc(C(=O)NCCCN)cc3c21. The standard InChI is InChI=1S/C17H24N4O/c1-2-21-10-3-5-15-16(21)13-11-12(6-7-14(13)20-15)17(22)19-9-4-8-18/h6-7,11,20H,2-5,8-10,18H2,1H3,(H,19,22). The van der Waals surface area contributed by atoms with E-state index in [0.717, 1.165) is 36.8 Å². The van der Waals surface area contributed by atoms with Gasteiger partial charge in [-0.15, -0.1) is 0 Å². The summed E-state index contributed by atoms with van der Waals surface area (Å²) in [4.78, 5) is 18.1. The number of hydrogen-bond donors (Lipinski definition) is 3. The van der Waals surface area contributed by atoms with Gasteiger partial charge in [-0.2, -0.15) is 0 Å². The first-order valence-electron chi connectivity index (χ1n) is 8.12. The summed E-state index contributed by atoms with van der Waals surface area (Å²) in [5.41, 5.74) is 9.86. The van der Waals surface area contributed by atoms with Crippen molar-refractivity contribution in [1.82, 2.24) is 10.3 Å². The third-order valence-corrected chi connectivity index (χ3v) is 4.33. The smallest absolute Gasteiger partial charge is 0.251 e. The first kappa shape index (κ1) is 14.9. The Bertz CT molecular complexity index is 677. The number of carbonyl (C=O) groups excluding carboxylic acids is 1. The van der Waals surface area contributed by atoms with Gasteiger partial charge in [0.1, 0.15) is 0 Å². The number of amides is 1. The minimum Gasteiger partial charge on any atom is -0.370 e. The lowest BCUT2D eigenvalue weighted by molar-refractivity contribution is 0.0953. The van der Waals surface area contributed by atoms with Crippen LogP contribution in [0.2, 0.25) is 0 Å². The molecule has 4 N–H and O–H groups in total. The normalized spacial score (nSPS) is 14.2. The molecule has 22 heavy (non-hydrogen) atoms. The van der Waals surface area contributed by atoms with E-state index in [-0.39, 0.29) is 5.91 Å². The van der Waals surface area contributed by atoms with E-state index >= 15 is 0 Å². The van der Waals surface area contributed by atoms with Gasteiger partial charge < -0.3 is 20.9 Å². The lowest BCUT2D eigenvalue weighted by Crippen LogP contribution is -2.28. The Morgan fingerprint density at radius 1 is 1.45 bits per heavy atom. The van der Waals surface area contributed by atoms with Crippen LogP contribution >= 0.6 is 0 Å². The first-order chi connectivity index (χ1) is 10.7. The molecule has 0 atom stereocenters. The summed E-state index contributed by atoms with van der Waals surface area (Å²) >= 11 is 0. The number of aryl methyl sites for hydroxylation is 1. The highest BCUT2D eigenvalue weighted by Gasteiger charge is 2.21. The Kier molecular flexibility index (Phi) is 4.34. The fourth-order valence-corrected chi connectivity index (χ4v) is 3.20. The molecule has 2 heterocycles. The number of nitrogens with one attached hydrogen (secondary N) is 2. The quantitative estimate of drug-likeness (QED) is 0.740. The zero-order valence-corrected chi connectivity index (χ0v) is 13.1. The maximum Gasteiger partial charge on any atom is 0.251 e. The lowest BCUT2D eigenvalue weighted by Gasteiger charge is -2.28. The van der Waals surface area contributed by atoms with Crippen LogP contribution in [0.1, 0.15) is 35.8 Å². The molecule has 0 aliphatic carbocycles. The number of anilines is 1. The Morgan fingerprint density at radius 3 is 3.09 bits per heavy atom. The van der Waals surface area contributed by atoms with Crippen molar-refractivity contribution < 1.29 is 4.79 Å². The monoisotopic (exact) mass is 300 g/mol. The number of benzene rings is 1. The van der Waals surface area contributed by atoms with Gasteiger partial charge in [-0.25, -0.2) is 0 Å². The van der Waals surface area contributed by atoms with Gasteiger partial charge in [-0.3, -0.25) is 4.79 Å². The number of nitrogens with two attached hydrogens (primary N) is 1. The molecule has 2 aromatic rings. The van der Waals surface area contributed by atoms with Crippen molar-refractivity contribution in [2.75, 3.05) is 31.1 Å². The number of H-pyrrole nitrogens is 1. The maximum atomic E-state index is 12.2. The molecule has 5 heteroatoms. The van der Waals surface area contributed by atoms with Crippen LogP contribution in [0.3, 0.4) is 0 Å². The fourth-order valence-electron chi connectivity index (χ4n) is 3.20. The molecule has 1 aliphatic heterocycles. The second kappa shape index (κ2) is 6.40. The van der Waals surface area contributed by atoms with Crippen LogP contribution in [0.4, 0.5) is 5.69 Å². The Labute approximate surface area is 130 Å². The molecule has 1 amide bonds. The predicted octanol–water partition coefficient (Wildman–Crippen LogP) is 2.02. The zero-order valence-electron chi connectivity index (χ0n) is 13.1. The predicted molar refractivity (Wildman–Crippen MR) is 90.5 cm³/mol. The average Bonchev–Trinajstić information content (AvgIpc) is 2.92. The van der Waals surface area contributed by atoms with E-state index in [9.17, 15) is 4.79 Å². The number of rotatable bonds is 5. The van der Waals surface area contributed by atoms with Crippen LogP contribution in [-0.4, -0.2) is 37.1 Å². The van der Waals surface area contributed by atoms with Crippen LogP contribution in [0.5, 0.6) is 0 Å². The molecular formula is C17H24N4O.